The van der Waals surface area contributed by atoms with Crippen LogP contribution in [0.4, 0.5) is 0 Å². The maximum atomic E-state index is 3.54. The van der Waals surface area contributed by atoms with Crippen molar-refractivity contribution < 1.29 is 0 Å². The Balaban J connectivity index is 2.09. The van der Waals surface area contributed by atoms with Crippen LogP contribution < -0.4 is 5.32 Å². The van der Waals surface area contributed by atoms with E-state index >= 15 is 0 Å². The lowest BCUT2D eigenvalue weighted by atomic mass is 10.1. The van der Waals surface area contributed by atoms with Gasteiger partial charge in [0.05, 0.1) is 0 Å². The molecule has 0 aromatic heterocycles. The molecule has 0 aliphatic carbocycles. The summed E-state index contributed by atoms with van der Waals surface area (Å²) in [4.78, 5) is 2.59. The average Bonchev–Trinajstić information content (AvgIpc) is 2.50. The molecule has 1 rings (SSSR count). The molecule has 0 amide bonds. The van der Waals surface area contributed by atoms with E-state index in [2.05, 4.69) is 37.9 Å². The maximum absolute atomic E-state index is 3.54. The van der Waals surface area contributed by atoms with Crippen LogP contribution in [0, 0.1) is 5.92 Å². The number of nitrogens with zero attached hydrogens (tertiary/aromatic N) is 1. The summed E-state index contributed by atoms with van der Waals surface area (Å²) in [6, 6.07) is 0. The summed E-state index contributed by atoms with van der Waals surface area (Å²) in [6.07, 6.45) is 2.76. The van der Waals surface area contributed by atoms with Crippen molar-refractivity contribution >= 4 is 0 Å². The van der Waals surface area contributed by atoms with Crippen LogP contribution in [0.5, 0.6) is 0 Å². The van der Waals surface area contributed by atoms with E-state index < -0.39 is 0 Å². The molecule has 0 saturated carbocycles. The molecule has 0 radical (unpaired) electrons. The number of rotatable bonds is 4. The molecule has 1 fully saturated rings. The molecule has 1 saturated heterocycles. The molecule has 1 unspecified atom stereocenters. The van der Waals surface area contributed by atoms with Crippen LogP contribution in [0.2, 0.25) is 0 Å². The largest absolute Gasteiger partial charge is 0.311 e. The standard InChI is InChI=1S/C12H26N2/c1-5-11-6-8-14(10-11)9-7-13-12(2,3)4/h11,13H,5-10H2,1-4H3. The van der Waals surface area contributed by atoms with E-state index in [-0.39, 0.29) is 5.54 Å². The summed E-state index contributed by atoms with van der Waals surface area (Å²) in [5, 5.41) is 3.54. The predicted octanol–water partition coefficient (Wildman–Crippen LogP) is 2.11. The van der Waals surface area contributed by atoms with Gasteiger partial charge in [0.25, 0.3) is 0 Å². The van der Waals surface area contributed by atoms with Gasteiger partial charge in [-0.15, -0.1) is 0 Å². The normalized spacial score (nSPS) is 24.4. The first kappa shape index (κ1) is 12.0. The number of likely N-dealkylation sites (tertiary alicyclic amines) is 1. The summed E-state index contributed by atoms with van der Waals surface area (Å²) in [6.45, 7) is 14.0. The highest BCUT2D eigenvalue weighted by atomic mass is 15.2. The molecule has 2 heteroatoms. The first-order valence-corrected chi connectivity index (χ1v) is 5.98. The van der Waals surface area contributed by atoms with Gasteiger partial charge in [0.2, 0.25) is 0 Å². The van der Waals surface area contributed by atoms with E-state index in [0.717, 1.165) is 12.5 Å². The molecule has 0 bridgehead atoms. The van der Waals surface area contributed by atoms with Crippen molar-refractivity contribution in [2.75, 3.05) is 26.2 Å². The Labute approximate surface area is 89.1 Å². The topological polar surface area (TPSA) is 15.3 Å². The van der Waals surface area contributed by atoms with Gasteiger partial charge in [-0.1, -0.05) is 13.3 Å². The fraction of sp³-hybridized carbons (Fsp3) is 1.00. The zero-order valence-corrected chi connectivity index (χ0v) is 10.3. The molecule has 84 valence electrons. The Morgan fingerprint density at radius 3 is 2.57 bits per heavy atom. The molecule has 1 N–H and O–H groups in total. The van der Waals surface area contributed by atoms with Crippen LogP contribution in [-0.4, -0.2) is 36.6 Å². The van der Waals surface area contributed by atoms with Crippen molar-refractivity contribution in [1.29, 1.82) is 0 Å². The molecule has 14 heavy (non-hydrogen) atoms. The highest BCUT2D eigenvalue weighted by Crippen LogP contribution is 2.18. The SMILES string of the molecule is CCC1CCN(CCNC(C)(C)C)C1. The van der Waals surface area contributed by atoms with Crippen molar-refractivity contribution in [2.45, 2.75) is 46.1 Å². The van der Waals surface area contributed by atoms with Gasteiger partial charge >= 0.3 is 0 Å². The van der Waals surface area contributed by atoms with Crippen LogP contribution in [-0.2, 0) is 0 Å². The second-order valence-corrected chi connectivity index (χ2v) is 5.54. The van der Waals surface area contributed by atoms with E-state index in [9.17, 15) is 0 Å². The van der Waals surface area contributed by atoms with Crippen LogP contribution in [0.25, 0.3) is 0 Å². The summed E-state index contributed by atoms with van der Waals surface area (Å²) in [5.74, 6) is 0.963. The van der Waals surface area contributed by atoms with Crippen molar-refractivity contribution in [3.05, 3.63) is 0 Å². The molecular weight excluding hydrogens is 172 g/mol. The monoisotopic (exact) mass is 198 g/mol. The third-order valence-corrected chi connectivity index (χ3v) is 3.03. The quantitative estimate of drug-likeness (QED) is 0.744. The van der Waals surface area contributed by atoms with Crippen molar-refractivity contribution in [3.63, 3.8) is 0 Å². The minimum absolute atomic E-state index is 0.268. The second-order valence-electron chi connectivity index (χ2n) is 5.54. The number of hydrogen-bond donors (Lipinski definition) is 1. The minimum Gasteiger partial charge on any atom is -0.311 e. The van der Waals surface area contributed by atoms with Gasteiger partial charge < -0.3 is 10.2 Å². The third kappa shape index (κ3) is 4.43. The minimum atomic E-state index is 0.268. The molecule has 1 atom stereocenters. The molecule has 0 spiro atoms. The van der Waals surface area contributed by atoms with Crippen molar-refractivity contribution in [3.8, 4) is 0 Å². The first-order valence-electron chi connectivity index (χ1n) is 5.98. The van der Waals surface area contributed by atoms with Crippen molar-refractivity contribution in [2.24, 2.45) is 5.92 Å². The van der Waals surface area contributed by atoms with E-state index in [1.165, 1.54) is 32.5 Å². The van der Waals surface area contributed by atoms with Gasteiger partial charge in [-0.25, -0.2) is 0 Å². The second kappa shape index (κ2) is 5.13. The lowest BCUT2D eigenvalue weighted by Gasteiger charge is -2.23. The molecular formula is C12H26N2. The van der Waals surface area contributed by atoms with Gasteiger partial charge in [-0.05, 0) is 39.7 Å². The Morgan fingerprint density at radius 2 is 2.07 bits per heavy atom. The highest BCUT2D eigenvalue weighted by molar-refractivity contribution is 4.76. The molecule has 0 aromatic rings. The fourth-order valence-electron chi connectivity index (χ4n) is 2.04. The average molecular weight is 198 g/mol. The van der Waals surface area contributed by atoms with Crippen LogP contribution in [0.1, 0.15) is 40.5 Å². The van der Waals surface area contributed by atoms with Gasteiger partial charge in [0.1, 0.15) is 0 Å². The van der Waals surface area contributed by atoms with Gasteiger partial charge in [-0.2, -0.15) is 0 Å². The van der Waals surface area contributed by atoms with E-state index in [0.29, 0.717) is 0 Å². The maximum Gasteiger partial charge on any atom is 0.0107 e. The lowest BCUT2D eigenvalue weighted by molar-refractivity contribution is 0.301. The van der Waals surface area contributed by atoms with Gasteiger partial charge in [0, 0.05) is 25.2 Å². The molecule has 1 aliphatic rings. The van der Waals surface area contributed by atoms with Gasteiger partial charge in [0.15, 0.2) is 0 Å². The zero-order valence-electron chi connectivity index (χ0n) is 10.3. The van der Waals surface area contributed by atoms with E-state index in [1.807, 2.05) is 0 Å². The zero-order chi connectivity index (χ0) is 10.6. The smallest absolute Gasteiger partial charge is 0.0107 e. The molecule has 1 heterocycles. The summed E-state index contributed by atoms with van der Waals surface area (Å²) in [5.41, 5.74) is 0.268. The summed E-state index contributed by atoms with van der Waals surface area (Å²) in [7, 11) is 0. The number of hydrogen-bond acceptors (Lipinski definition) is 2. The summed E-state index contributed by atoms with van der Waals surface area (Å²) < 4.78 is 0. The summed E-state index contributed by atoms with van der Waals surface area (Å²) >= 11 is 0. The van der Waals surface area contributed by atoms with Crippen LogP contribution >= 0.6 is 0 Å². The lowest BCUT2D eigenvalue weighted by Crippen LogP contribution is -2.40. The number of nitrogens with one attached hydrogen (secondary N) is 1. The van der Waals surface area contributed by atoms with E-state index in [4.69, 9.17) is 0 Å². The highest BCUT2D eigenvalue weighted by Gasteiger charge is 2.20. The van der Waals surface area contributed by atoms with Crippen LogP contribution in [0.3, 0.4) is 0 Å². The van der Waals surface area contributed by atoms with E-state index in [1.54, 1.807) is 0 Å². The molecule has 2 nitrogen and oxygen atoms in total. The Hall–Kier alpha value is -0.0800. The Kier molecular flexibility index (Phi) is 4.39. The fourth-order valence-corrected chi connectivity index (χ4v) is 2.04. The first-order chi connectivity index (χ1) is 6.51. The predicted molar refractivity (Wildman–Crippen MR) is 62.6 cm³/mol. The third-order valence-electron chi connectivity index (χ3n) is 3.03. The van der Waals surface area contributed by atoms with Crippen LogP contribution in [0.15, 0.2) is 0 Å². The molecule has 1 aliphatic heterocycles. The van der Waals surface area contributed by atoms with Crippen molar-refractivity contribution in [1.82, 2.24) is 10.2 Å². The Morgan fingerprint density at radius 1 is 1.36 bits per heavy atom. The molecule has 0 aromatic carbocycles. The Bertz CT molecular complexity index is 160. The van der Waals surface area contributed by atoms with Gasteiger partial charge in [-0.3, -0.25) is 0 Å².